The molecule has 0 aromatic rings. The molecule has 2 atom stereocenters. The monoisotopic (exact) mass is 134 g/mol. The number of fused-ring (bicyclic) bond motifs is 1. The van der Waals surface area contributed by atoms with E-state index in [2.05, 4.69) is 6.08 Å². The van der Waals surface area contributed by atoms with E-state index in [-0.39, 0.29) is 0 Å². The Morgan fingerprint density at radius 2 is 2.30 bits per heavy atom. The summed E-state index contributed by atoms with van der Waals surface area (Å²) in [7, 11) is 0. The van der Waals surface area contributed by atoms with E-state index in [1.807, 2.05) is 0 Å². The van der Waals surface area contributed by atoms with Gasteiger partial charge >= 0.3 is 0 Å². The largest absolute Gasteiger partial charge is 0.0785 e. The van der Waals surface area contributed by atoms with Gasteiger partial charge in [0.05, 0.1) is 0 Å². The van der Waals surface area contributed by atoms with Gasteiger partial charge in [-0.15, -0.1) is 0 Å². The van der Waals surface area contributed by atoms with Gasteiger partial charge in [-0.1, -0.05) is 18.1 Å². The summed E-state index contributed by atoms with van der Waals surface area (Å²) in [5.41, 5.74) is 2.55. The van der Waals surface area contributed by atoms with E-state index < -0.39 is 0 Å². The van der Waals surface area contributed by atoms with E-state index in [4.69, 9.17) is 0 Å². The second kappa shape index (κ2) is 1.49. The predicted octanol–water partition coefficient (Wildman–Crippen LogP) is 2.90. The summed E-state index contributed by atoms with van der Waals surface area (Å²) in [5.74, 6) is 1.10. The van der Waals surface area contributed by atoms with Gasteiger partial charge in [-0.05, 0) is 43.4 Å². The third-order valence-electron chi connectivity index (χ3n) is 3.87. The Bertz CT molecular complexity index is 202. The molecule has 0 radical (unpaired) electrons. The van der Waals surface area contributed by atoms with Crippen molar-refractivity contribution in [1.29, 1.82) is 0 Å². The van der Waals surface area contributed by atoms with Crippen molar-refractivity contribution in [3.8, 4) is 0 Å². The number of hydrogen-bond donors (Lipinski definition) is 0. The molecular weight excluding hydrogens is 120 g/mol. The molecule has 4 aliphatic rings. The predicted molar refractivity (Wildman–Crippen MR) is 41.7 cm³/mol. The summed E-state index contributed by atoms with van der Waals surface area (Å²) in [4.78, 5) is 0. The Morgan fingerprint density at radius 1 is 1.40 bits per heavy atom. The molecule has 4 aliphatic carbocycles. The van der Waals surface area contributed by atoms with E-state index in [9.17, 15) is 0 Å². The van der Waals surface area contributed by atoms with Gasteiger partial charge in [-0.3, -0.25) is 0 Å². The summed E-state index contributed by atoms with van der Waals surface area (Å²) in [6, 6.07) is 0. The second-order valence-corrected chi connectivity index (χ2v) is 4.34. The van der Waals surface area contributed by atoms with Gasteiger partial charge in [-0.2, -0.15) is 0 Å². The lowest BCUT2D eigenvalue weighted by molar-refractivity contribution is 0.184. The highest BCUT2D eigenvalue weighted by molar-refractivity contribution is 5.30. The highest BCUT2D eigenvalue weighted by Gasteiger charge is 2.49. The highest BCUT2D eigenvalue weighted by atomic mass is 14.5. The first-order chi connectivity index (χ1) is 4.89. The molecule has 0 nitrogen and oxygen atoms in total. The maximum atomic E-state index is 2.61. The van der Waals surface area contributed by atoms with Crippen molar-refractivity contribution >= 4 is 0 Å². The molecule has 0 amide bonds. The zero-order valence-corrected chi connectivity index (χ0v) is 6.40. The SMILES string of the molecule is C1=C2CCC3CCCC13C2. The van der Waals surface area contributed by atoms with Crippen LogP contribution in [0.1, 0.15) is 38.5 Å². The quantitative estimate of drug-likeness (QED) is 0.447. The smallest absolute Gasteiger partial charge is 0.00501 e. The maximum absolute atomic E-state index is 2.61. The first-order valence-corrected chi connectivity index (χ1v) is 4.60. The van der Waals surface area contributed by atoms with Crippen molar-refractivity contribution in [2.45, 2.75) is 38.5 Å². The Morgan fingerprint density at radius 3 is 3.10 bits per heavy atom. The van der Waals surface area contributed by atoms with Crippen molar-refractivity contribution in [3.63, 3.8) is 0 Å². The lowest BCUT2D eigenvalue weighted by Crippen LogP contribution is -2.35. The van der Waals surface area contributed by atoms with Crippen LogP contribution in [0.3, 0.4) is 0 Å². The van der Waals surface area contributed by atoms with Crippen molar-refractivity contribution in [3.05, 3.63) is 11.6 Å². The summed E-state index contributed by atoms with van der Waals surface area (Å²) >= 11 is 0. The van der Waals surface area contributed by atoms with Crippen LogP contribution in [0, 0.1) is 11.3 Å². The molecule has 2 bridgehead atoms. The van der Waals surface area contributed by atoms with E-state index in [0.717, 1.165) is 11.3 Å². The fraction of sp³-hybridized carbons (Fsp3) is 0.800. The minimum Gasteiger partial charge on any atom is -0.0785 e. The summed E-state index contributed by atoms with van der Waals surface area (Å²) in [6.07, 6.45) is 11.6. The number of hydrogen-bond acceptors (Lipinski definition) is 0. The van der Waals surface area contributed by atoms with Crippen LogP contribution in [0.2, 0.25) is 0 Å². The lowest BCUT2D eigenvalue weighted by atomic mass is 9.58. The third kappa shape index (κ3) is 0.457. The standard InChI is InChI=1S/C10H14/c1-2-9-4-3-8-6-10(9,5-1)7-8/h6,9H,1-5,7H2. The average molecular weight is 134 g/mol. The van der Waals surface area contributed by atoms with E-state index in [0.29, 0.717) is 0 Å². The average Bonchev–Trinajstić information content (AvgIpc) is 2.28. The van der Waals surface area contributed by atoms with Gasteiger partial charge in [0.25, 0.3) is 0 Å². The van der Waals surface area contributed by atoms with Crippen LogP contribution in [0.4, 0.5) is 0 Å². The van der Waals surface area contributed by atoms with E-state index in [1.165, 1.54) is 38.5 Å². The molecule has 0 aromatic heterocycles. The van der Waals surface area contributed by atoms with Crippen LogP contribution < -0.4 is 0 Å². The van der Waals surface area contributed by atoms with Gasteiger partial charge in [-0.25, -0.2) is 0 Å². The first kappa shape index (κ1) is 5.40. The molecule has 4 rings (SSSR count). The zero-order valence-electron chi connectivity index (χ0n) is 6.40. The van der Waals surface area contributed by atoms with E-state index >= 15 is 0 Å². The van der Waals surface area contributed by atoms with E-state index in [1.54, 1.807) is 5.57 Å². The molecule has 2 fully saturated rings. The molecule has 10 heavy (non-hydrogen) atoms. The Labute approximate surface area is 62.3 Å². The molecule has 0 aromatic carbocycles. The molecule has 0 saturated heterocycles. The third-order valence-corrected chi connectivity index (χ3v) is 3.87. The van der Waals surface area contributed by atoms with Crippen molar-refractivity contribution < 1.29 is 0 Å². The van der Waals surface area contributed by atoms with Crippen LogP contribution in [-0.2, 0) is 0 Å². The maximum Gasteiger partial charge on any atom is -0.00501 e. The van der Waals surface area contributed by atoms with Gasteiger partial charge in [0, 0.05) is 0 Å². The highest BCUT2D eigenvalue weighted by Crippen LogP contribution is 2.61. The molecule has 2 saturated carbocycles. The molecule has 0 heteroatoms. The lowest BCUT2D eigenvalue weighted by Gasteiger charge is -2.47. The minimum atomic E-state index is 0.771. The van der Waals surface area contributed by atoms with Crippen LogP contribution >= 0.6 is 0 Å². The Kier molecular flexibility index (Phi) is 0.805. The van der Waals surface area contributed by atoms with Crippen LogP contribution in [0.25, 0.3) is 0 Å². The van der Waals surface area contributed by atoms with Gasteiger partial charge in [0.2, 0.25) is 0 Å². The van der Waals surface area contributed by atoms with Crippen LogP contribution in [0.15, 0.2) is 11.6 Å². The Hall–Kier alpha value is -0.260. The molecule has 0 N–H and O–H groups in total. The van der Waals surface area contributed by atoms with Crippen molar-refractivity contribution in [2.24, 2.45) is 11.3 Å². The molecule has 0 heterocycles. The molecule has 2 unspecified atom stereocenters. The van der Waals surface area contributed by atoms with Gasteiger partial charge < -0.3 is 0 Å². The van der Waals surface area contributed by atoms with Crippen molar-refractivity contribution in [1.82, 2.24) is 0 Å². The van der Waals surface area contributed by atoms with Crippen LogP contribution in [0.5, 0.6) is 0 Å². The molecule has 54 valence electrons. The van der Waals surface area contributed by atoms with Crippen molar-refractivity contribution in [2.75, 3.05) is 0 Å². The summed E-state index contributed by atoms with van der Waals surface area (Å²) in [5, 5.41) is 0. The molecule has 1 spiro atoms. The topological polar surface area (TPSA) is 0 Å². The second-order valence-electron chi connectivity index (χ2n) is 4.34. The fourth-order valence-electron chi connectivity index (χ4n) is 3.34. The fourth-order valence-corrected chi connectivity index (χ4v) is 3.34. The Balaban J connectivity index is 2.04. The van der Waals surface area contributed by atoms with Crippen LogP contribution in [-0.4, -0.2) is 0 Å². The van der Waals surface area contributed by atoms with Gasteiger partial charge in [0.1, 0.15) is 0 Å². The number of rotatable bonds is 0. The summed E-state index contributed by atoms with van der Waals surface area (Å²) < 4.78 is 0. The summed E-state index contributed by atoms with van der Waals surface area (Å²) in [6.45, 7) is 0. The first-order valence-electron chi connectivity index (χ1n) is 4.60. The molecular formula is C10H14. The minimum absolute atomic E-state index is 0.771. The van der Waals surface area contributed by atoms with Gasteiger partial charge in [0.15, 0.2) is 0 Å². The molecule has 0 aliphatic heterocycles. The zero-order chi connectivity index (χ0) is 6.60. The normalized spacial score (nSPS) is 49.6. The number of allylic oxidation sites excluding steroid dienone is 2.